The lowest BCUT2D eigenvalue weighted by Gasteiger charge is -2.31. The van der Waals surface area contributed by atoms with Crippen LogP contribution in [0.4, 0.5) is 5.82 Å². The van der Waals surface area contributed by atoms with E-state index in [9.17, 15) is 9.59 Å². The average Bonchev–Trinajstić information content (AvgIpc) is 2.68. The summed E-state index contributed by atoms with van der Waals surface area (Å²) in [4.78, 5) is 31.0. The molecule has 0 atom stereocenters. The van der Waals surface area contributed by atoms with Gasteiger partial charge in [-0.25, -0.2) is 4.98 Å². The number of halogens is 1. The fourth-order valence-electron chi connectivity index (χ4n) is 3.26. The van der Waals surface area contributed by atoms with Crippen LogP contribution in [0.25, 0.3) is 0 Å². The fraction of sp³-hybridized carbons (Fsp3) is 0.381. The Balaban J connectivity index is 1.44. The van der Waals surface area contributed by atoms with Crippen molar-refractivity contribution in [2.75, 3.05) is 18.4 Å². The van der Waals surface area contributed by atoms with E-state index in [1.54, 1.807) is 6.20 Å². The van der Waals surface area contributed by atoms with E-state index in [4.69, 9.17) is 0 Å². The van der Waals surface area contributed by atoms with Crippen molar-refractivity contribution in [3.05, 3.63) is 58.2 Å². The number of likely N-dealkylation sites (tertiary alicyclic amines) is 1. The average molecular weight is 430 g/mol. The van der Waals surface area contributed by atoms with Gasteiger partial charge in [0, 0.05) is 36.1 Å². The molecule has 0 unspecified atom stereocenters. The number of benzene rings is 1. The lowest BCUT2D eigenvalue weighted by molar-refractivity contribution is -0.134. The summed E-state index contributed by atoms with van der Waals surface area (Å²) >= 11 is 3.46. The Hall–Kier alpha value is -2.21. The van der Waals surface area contributed by atoms with Gasteiger partial charge in [0.1, 0.15) is 5.82 Å². The zero-order valence-electron chi connectivity index (χ0n) is 15.5. The van der Waals surface area contributed by atoms with Crippen molar-refractivity contribution in [2.24, 2.45) is 5.92 Å². The number of amides is 2. The number of hydrogen-bond acceptors (Lipinski definition) is 3. The van der Waals surface area contributed by atoms with Crippen LogP contribution in [0.5, 0.6) is 0 Å². The monoisotopic (exact) mass is 429 g/mol. The molecule has 6 heteroatoms. The van der Waals surface area contributed by atoms with E-state index in [2.05, 4.69) is 26.2 Å². The summed E-state index contributed by atoms with van der Waals surface area (Å²) in [7, 11) is 0. The van der Waals surface area contributed by atoms with Crippen LogP contribution in [0.15, 0.2) is 47.1 Å². The molecule has 2 aromatic rings. The zero-order chi connectivity index (χ0) is 19.2. The Bertz CT molecular complexity index is 799. The number of nitrogens with zero attached hydrogens (tertiary/aromatic N) is 2. The minimum absolute atomic E-state index is 0.00686. The molecule has 27 heavy (non-hydrogen) atoms. The molecule has 142 valence electrons. The van der Waals surface area contributed by atoms with Crippen LogP contribution in [0.1, 0.15) is 30.4 Å². The van der Waals surface area contributed by atoms with Gasteiger partial charge >= 0.3 is 0 Å². The van der Waals surface area contributed by atoms with E-state index in [0.717, 1.165) is 22.0 Å². The summed E-state index contributed by atoms with van der Waals surface area (Å²) in [5.41, 5.74) is 2.21. The second-order valence-electron chi connectivity index (χ2n) is 7.00. The van der Waals surface area contributed by atoms with Crippen LogP contribution in [0, 0.1) is 12.8 Å². The number of piperidine rings is 1. The predicted octanol–water partition coefficient (Wildman–Crippen LogP) is 3.96. The molecular weight excluding hydrogens is 406 g/mol. The first-order chi connectivity index (χ1) is 13.0. The summed E-state index contributed by atoms with van der Waals surface area (Å²) in [6.07, 6.45) is 4.36. The number of aromatic nitrogens is 1. The van der Waals surface area contributed by atoms with Crippen molar-refractivity contribution in [2.45, 2.75) is 32.6 Å². The van der Waals surface area contributed by atoms with Crippen LogP contribution in [0.3, 0.4) is 0 Å². The van der Waals surface area contributed by atoms with Crippen molar-refractivity contribution in [3.63, 3.8) is 0 Å². The van der Waals surface area contributed by atoms with Crippen molar-refractivity contribution < 1.29 is 9.59 Å². The maximum Gasteiger partial charge on any atom is 0.228 e. The first-order valence-corrected chi connectivity index (χ1v) is 10.1. The molecule has 1 saturated heterocycles. The Morgan fingerprint density at radius 1 is 1.22 bits per heavy atom. The summed E-state index contributed by atoms with van der Waals surface area (Å²) in [6.45, 7) is 3.23. The number of carbonyl (C=O) groups is 2. The summed E-state index contributed by atoms with van der Waals surface area (Å²) < 4.78 is 1.03. The highest BCUT2D eigenvalue weighted by atomic mass is 79.9. The molecule has 1 aromatic carbocycles. The molecule has 1 fully saturated rings. The van der Waals surface area contributed by atoms with Gasteiger partial charge in [-0.2, -0.15) is 0 Å². The molecule has 1 aromatic heterocycles. The van der Waals surface area contributed by atoms with E-state index in [1.807, 2.05) is 48.2 Å². The molecule has 0 aliphatic carbocycles. The van der Waals surface area contributed by atoms with Gasteiger partial charge in [0.05, 0.1) is 0 Å². The van der Waals surface area contributed by atoms with E-state index < -0.39 is 0 Å². The van der Waals surface area contributed by atoms with E-state index in [0.29, 0.717) is 38.2 Å². The van der Waals surface area contributed by atoms with Gasteiger partial charge in [0.2, 0.25) is 11.8 Å². The highest BCUT2D eigenvalue weighted by Crippen LogP contribution is 2.20. The Labute approximate surface area is 168 Å². The maximum absolute atomic E-state index is 12.5. The second kappa shape index (κ2) is 9.13. The molecule has 0 saturated carbocycles. The molecule has 3 rings (SSSR count). The minimum Gasteiger partial charge on any atom is -0.343 e. The van der Waals surface area contributed by atoms with Crippen molar-refractivity contribution in [3.8, 4) is 0 Å². The molecule has 5 nitrogen and oxygen atoms in total. The van der Waals surface area contributed by atoms with Crippen LogP contribution in [-0.2, 0) is 16.0 Å². The van der Waals surface area contributed by atoms with Crippen LogP contribution < -0.4 is 5.32 Å². The van der Waals surface area contributed by atoms with E-state index >= 15 is 0 Å². The van der Waals surface area contributed by atoms with Crippen molar-refractivity contribution in [1.29, 1.82) is 0 Å². The van der Waals surface area contributed by atoms with Crippen LogP contribution in [-0.4, -0.2) is 34.8 Å². The Kier molecular flexibility index (Phi) is 6.61. The van der Waals surface area contributed by atoms with E-state index in [1.165, 1.54) is 0 Å². The molecule has 1 aliphatic heterocycles. The number of nitrogens with one attached hydrogen (secondary N) is 1. The number of carbonyl (C=O) groups excluding carboxylic acids is 2. The van der Waals surface area contributed by atoms with Gasteiger partial charge in [-0.3, -0.25) is 9.59 Å². The highest BCUT2D eigenvalue weighted by Gasteiger charge is 2.27. The summed E-state index contributed by atoms with van der Waals surface area (Å²) in [5.74, 6) is 0.669. The number of anilines is 1. The minimum atomic E-state index is -0.0674. The van der Waals surface area contributed by atoms with Crippen molar-refractivity contribution >= 4 is 33.6 Å². The summed E-state index contributed by atoms with van der Waals surface area (Å²) in [5, 5.41) is 2.88. The van der Waals surface area contributed by atoms with Gasteiger partial charge in [-0.1, -0.05) is 34.1 Å². The molecule has 0 radical (unpaired) electrons. The van der Waals surface area contributed by atoms with Gasteiger partial charge in [0.15, 0.2) is 0 Å². The van der Waals surface area contributed by atoms with Crippen LogP contribution >= 0.6 is 15.9 Å². The first kappa shape index (κ1) is 19.5. The largest absolute Gasteiger partial charge is 0.343 e. The molecule has 2 heterocycles. The molecule has 2 amide bonds. The third-order valence-corrected chi connectivity index (χ3v) is 5.39. The third kappa shape index (κ3) is 5.63. The standard InChI is InChI=1S/C21H24BrN3O2/c1-15-5-7-19(23-14-15)24-21(27)17-9-11-25(12-10-17)20(26)8-6-16-3-2-4-18(22)13-16/h2-5,7,13-14,17H,6,8-12H2,1H3,(H,23,24,27). The maximum atomic E-state index is 12.5. The van der Waals surface area contributed by atoms with Crippen LogP contribution in [0.2, 0.25) is 0 Å². The number of rotatable bonds is 5. The Morgan fingerprint density at radius 2 is 2.00 bits per heavy atom. The molecular formula is C21H24BrN3O2. The third-order valence-electron chi connectivity index (χ3n) is 4.90. The summed E-state index contributed by atoms with van der Waals surface area (Å²) in [6, 6.07) is 11.8. The smallest absolute Gasteiger partial charge is 0.228 e. The fourth-order valence-corrected chi connectivity index (χ4v) is 3.71. The van der Waals surface area contributed by atoms with Gasteiger partial charge in [-0.15, -0.1) is 0 Å². The normalized spacial score (nSPS) is 14.8. The van der Waals surface area contributed by atoms with Crippen molar-refractivity contribution in [1.82, 2.24) is 9.88 Å². The topological polar surface area (TPSA) is 62.3 Å². The van der Waals surface area contributed by atoms with Gasteiger partial charge in [0.25, 0.3) is 0 Å². The molecule has 0 bridgehead atoms. The molecule has 1 aliphatic rings. The predicted molar refractivity (Wildman–Crippen MR) is 109 cm³/mol. The number of hydrogen-bond donors (Lipinski definition) is 1. The lowest BCUT2D eigenvalue weighted by atomic mass is 9.95. The first-order valence-electron chi connectivity index (χ1n) is 9.27. The second-order valence-corrected chi connectivity index (χ2v) is 7.91. The molecule has 0 spiro atoms. The van der Waals surface area contributed by atoms with E-state index in [-0.39, 0.29) is 17.7 Å². The molecule has 1 N–H and O–H groups in total. The highest BCUT2D eigenvalue weighted by molar-refractivity contribution is 9.10. The van der Waals surface area contributed by atoms with Gasteiger partial charge < -0.3 is 10.2 Å². The quantitative estimate of drug-likeness (QED) is 0.781. The number of aryl methyl sites for hydroxylation is 2. The lowest BCUT2D eigenvalue weighted by Crippen LogP contribution is -2.41. The van der Waals surface area contributed by atoms with Gasteiger partial charge in [-0.05, 0) is 55.5 Å². The SMILES string of the molecule is Cc1ccc(NC(=O)C2CCN(C(=O)CCc3cccc(Br)c3)CC2)nc1. The number of pyridine rings is 1. The Morgan fingerprint density at radius 3 is 2.67 bits per heavy atom. The zero-order valence-corrected chi connectivity index (χ0v) is 17.0.